The molecule has 1 rings (SSSR count). The zero-order valence-corrected chi connectivity index (χ0v) is 9.71. The van der Waals surface area contributed by atoms with Crippen molar-refractivity contribution in [3.63, 3.8) is 0 Å². The molecule has 0 aliphatic carbocycles. The van der Waals surface area contributed by atoms with Gasteiger partial charge in [0.05, 0.1) is 6.04 Å². The summed E-state index contributed by atoms with van der Waals surface area (Å²) in [6.45, 7) is -1.66. The fourth-order valence-electron chi connectivity index (χ4n) is 1.56. The maximum atomic E-state index is 12.4. The van der Waals surface area contributed by atoms with Crippen LogP contribution in [0, 0.1) is 6.92 Å². The van der Waals surface area contributed by atoms with Crippen LogP contribution >= 0.6 is 0 Å². The predicted octanol–water partition coefficient (Wildman–Crippen LogP) is 2.96. The lowest BCUT2D eigenvalue weighted by Crippen LogP contribution is -2.36. The van der Waals surface area contributed by atoms with Crippen LogP contribution in [0.1, 0.15) is 49.4 Å². The van der Waals surface area contributed by atoms with E-state index in [1.165, 1.54) is 0 Å². The molecular weight excluding hydrogens is 198 g/mol. The van der Waals surface area contributed by atoms with Crippen molar-refractivity contribution >= 4 is 5.78 Å². The zero-order chi connectivity index (χ0) is 16.3. The lowest BCUT2D eigenvalue weighted by Gasteiger charge is -2.15. The van der Waals surface area contributed by atoms with Crippen LogP contribution in [0.4, 0.5) is 0 Å². The molecule has 0 radical (unpaired) electrons. The number of carbonyl (C=O) groups is 1. The number of ketones is 1. The maximum absolute atomic E-state index is 12.4. The van der Waals surface area contributed by atoms with Gasteiger partial charge in [-0.1, -0.05) is 50.0 Å². The predicted molar refractivity (Wildman–Crippen MR) is 67.9 cm³/mol. The van der Waals surface area contributed by atoms with Crippen molar-refractivity contribution in [1.29, 1.82) is 0 Å². The fourth-order valence-corrected chi connectivity index (χ4v) is 1.56. The van der Waals surface area contributed by atoms with Gasteiger partial charge in [0.25, 0.3) is 0 Å². The van der Waals surface area contributed by atoms with Gasteiger partial charge in [-0.05, 0) is 19.8 Å². The second-order valence-corrected chi connectivity index (χ2v) is 3.84. The number of hydrogen-bond acceptors (Lipinski definition) is 2. The van der Waals surface area contributed by atoms with Gasteiger partial charge in [0.15, 0.2) is 5.78 Å². The van der Waals surface area contributed by atoms with Crippen molar-refractivity contribution in [2.75, 3.05) is 6.50 Å². The van der Waals surface area contributed by atoms with Gasteiger partial charge in [0.1, 0.15) is 0 Å². The van der Waals surface area contributed by atoms with Crippen molar-refractivity contribution in [3.05, 3.63) is 35.4 Å². The minimum atomic E-state index is -2.83. The van der Waals surface area contributed by atoms with Gasteiger partial charge in [-0.15, -0.1) is 0 Å². The molecule has 1 atom stereocenters. The van der Waals surface area contributed by atoms with E-state index in [4.69, 9.17) is 6.85 Å². The summed E-state index contributed by atoms with van der Waals surface area (Å²) in [5.74, 6) is -0.287. The summed E-state index contributed by atoms with van der Waals surface area (Å²) in [5, 5.41) is 2.37. The molecule has 0 aliphatic heterocycles. The van der Waals surface area contributed by atoms with Gasteiger partial charge in [-0.25, -0.2) is 0 Å². The quantitative estimate of drug-likeness (QED) is 0.753. The van der Waals surface area contributed by atoms with E-state index >= 15 is 0 Å². The van der Waals surface area contributed by atoms with Crippen molar-refractivity contribution in [2.45, 2.75) is 39.6 Å². The minimum Gasteiger partial charge on any atom is -0.307 e. The summed E-state index contributed by atoms with van der Waals surface area (Å²) in [6.07, 6.45) is 1.02. The summed E-state index contributed by atoms with van der Waals surface area (Å²) in [6, 6.07) is 6.09. The van der Waals surface area contributed by atoms with Crippen LogP contribution in [-0.2, 0) is 0 Å². The Kier molecular flexibility index (Phi) is 2.91. The highest BCUT2D eigenvalue weighted by Crippen LogP contribution is 2.09. The van der Waals surface area contributed by atoms with E-state index in [0.29, 0.717) is 18.4 Å². The molecule has 2 nitrogen and oxygen atoms in total. The largest absolute Gasteiger partial charge is 0.307 e. The third-order valence-electron chi connectivity index (χ3n) is 2.48. The number of nitrogens with one attached hydrogen (secondary N) is 1. The van der Waals surface area contributed by atoms with Gasteiger partial charge in [-0.3, -0.25) is 4.79 Å². The standard InChI is InChI=1S/C14H21NO/c1-4-6-13(15-5-2)14(16)12-9-7-11(3)8-10-12/h7-10,13,15H,4-6H2,1-3H3/i2D3,5D2. The average molecular weight is 224 g/mol. The Morgan fingerprint density at radius 1 is 1.50 bits per heavy atom. The highest BCUT2D eigenvalue weighted by atomic mass is 16.1. The van der Waals surface area contributed by atoms with Gasteiger partial charge >= 0.3 is 0 Å². The molecule has 1 aromatic carbocycles. The number of Topliss-reactive ketones (excluding diaryl/α,β-unsaturated/α-hetero) is 1. The topological polar surface area (TPSA) is 29.1 Å². The summed E-state index contributed by atoms with van der Waals surface area (Å²) >= 11 is 0. The molecule has 0 aliphatic rings. The van der Waals surface area contributed by atoms with Gasteiger partial charge in [0, 0.05) is 12.4 Å². The molecule has 1 unspecified atom stereocenters. The number of aryl methyl sites for hydroxylation is 1. The van der Waals surface area contributed by atoms with Crippen LogP contribution in [0.2, 0.25) is 0 Å². The van der Waals surface area contributed by atoms with Crippen molar-refractivity contribution in [1.82, 2.24) is 5.32 Å². The zero-order valence-electron chi connectivity index (χ0n) is 14.7. The maximum Gasteiger partial charge on any atom is 0.179 e. The summed E-state index contributed by atoms with van der Waals surface area (Å²) in [5.41, 5.74) is 1.47. The van der Waals surface area contributed by atoms with Crippen LogP contribution in [0.25, 0.3) is 0 Å². The van der Waals surface area contributed by atoms with Gasteiger partial charge in [0.2, 0.25) is 0 Å². The first-order valence-electron chi connectivity index (χ1n) is 7.97. The SMILES string of the molecule is [2H]C([2H])([2H])C([2H])([2H])NC(CCC)C(=O)c1ccc(C)cc1. The van der Waals surface area contributed by atoms with Gasteiger partial charge < -0.3 is 5.32 Å². The summed E-state index contributed by atoms with van der Waals surface area (Å²) < 4.78 is 36.9. The van der Waals surface area contributed by atoms with Crippen LogP contribution in [0.15, 0.2) is 24.3 Å². The molecule has 0 amide bonds. The molecule has 1 aromatic rings. The van der Waals surface area contributed by atoms with E-state index in [-0.39, 0.29) is 5.78 Å². The number of carbonyl (C=O) groups excluding carboxylic acids is 1. The fraction of sp³-hybridized carbons (Fsp3) is 0.500. The second-order valence-electron chi connectivity index (χ2n) is 3.84. The van der Waals surface area contributed by atoms with Crippen LogP contribution in [-0.4, -0.2) is 18.3 Å². The Balaban J connectivity index is 2.96. The van der Waals surface area contributed by atoms with Crippen LogP contribution in [0.3, 0.4) is 0 Å². The Hall–Kier alpha value is -1.15. The first-order valence-corrected chi connectivity index (χ1v) is 5.47. The molecule has 1 N–H and O–H groups in total. The van der Waals surface area contributed by atoms with Crippen molar-refractivity contribution in [3.8, 4) is 0 Å². The van der Waals surface area contributed by atoms with E-state index in [9.17, 15) is 4.79 Å². The Morgan fingerprint density at radius 2 is 2.19 bits per heavy atom. The monoisotopic (exact) mass is 224 g/mol. The highest BCUT2D eigenvalue weighted by Gasteiger charge is 2.17. The molecule has 0 spiro atoms. The third-order valence-corrected chi connectivity index (χ3v) is 2.48. The first-order chi connectivity index (χ1) is 9.58. The first kappa shape index (κ1) is 7.23. The Bertz CT molecular complexity index is 481. The molecular formula is C14H21NO. The molecule has 0 heterocycles. The van der Waals surface area contributed by atoms with E-state index in [2.05, 4.69) is 5.32 Å². The molecule has 0 saturated carbocycles. The second kappa shape index (κ2) is 6.44. The third kappa shape index (κ3) is 3.46. The molecule has 0 aromatic heterocycles. The number of likely N-dealkylation sites (N-methyl/N-ethyl adjacent to an activating group) is 1. The summed E-state index contributed by atoms with van der Waals surface area (Å²) in [4.78, 5) is 12.4. The Morgan fingerprint density at radius 3 is 2.75 bits per heavy atom. The smallest absolute Gasteiger partial charge is 0.179 e. The Labute approximate surface area is 105 Å². The van der Waals surface area contributed by atoms with Crippen molar-refractivity contribution in [2.24, 2.45) is 0 Å². The highest BCUT2D eigenvalue weighted by molar-refractivity contribution is 6.00. The van der Waals surface area contributed by atoms with E-state index in [0.717, 1.165) is 5.56 Å². The van der Waals surface area contributed by atoms with Crippen LogP contribution in [0.5, 0.6) is 0 Å². The normalized spacial score (nSPS) is 18.8. The molecule has 88 valence electrons. The molecule has 16 heavy (non-hydrogen) atoms. The minimum absolute atomic E-state index is 0.287. The van der Waals surface area contributed by atoms with Crippen LogP contribution < -0.4 is 5.32 Å². The average Bonchev–Trinajstić information content (AvgIpc) is 2.37. The lowest BCUT2D eigenvalue weighted by atomic mass is 9.99. The summed E-state index contributed by atoms with van der Waals surface area (Å²) in [7, 11) is 0. The number of benzene rings is 1. The lowest BCUT2D eigenvalue weighted by molar-refractivity contribution is 0.0938. The molecule has 2 heteroatoms. The van der Waals surface area contributed by atoms with Crippen molar-refractivity contribution < 1.29 is 11.6 Å². The number of rotatable bonds is 6. The van der Waals surface area contributed by atoms with E-state index in [1.54, 1.807) is 24.3 Å². The molecule has 0 fully saturated rings. The van der Waals surface area contributed by atoms with E-state index < -0.39 is 19.4 Å². The van der Waals surface area contributed by atoms with E-state index in [1.807, 2.05) is 13.8 Å². The number of hydrogen-bond donors (Lipinski definition) is 1. The molecule has 0 saturated heterocycles. The van der Waals surface area contributed by atoms with Gasteiger partial charge in [-0.2, -0.15) is 0 Å². The molecule has 0 bridgehead atoms.